The molecule has 21 heavy (non-hydrogen) atoms. The van der Waals surface area contributed by atoms with E-state index in [0.717, 1.165) is 0 Å². The van der Waals surface area contributed by atoms with Gasteiger partial charge in [0.1, 0.15) is 16.7 Å². The van der Waals surface area contributed by atoms with Gasteiger partial charge < -0.3 is 14.6 Å². The molecule has 1 aliphatic rings. The highest BCUT2D eigenvalue weighted by molar-refractivity contribution is 6.55. The van der Waals surface area contributed by atoms with Gasteiger partial charge in [-0.2, -0.15) is 0 Å². The average Bonchev–Trinajstić information content (AvgIpc) is 2.92. The Hall–Kier alpha value is -0.100. The molecule has 4 nitrogen and oxygen atoms in total. The van der Waals surface area contributed by atoms with Crippen molar-refractivity contribution in [3.8, 4) is 5.75 Å². The second kappa shape index (κ2) is 6.99. The summed E-state index contributed by atoms with van der Waals surface area (Å²) in [5.74, 6) is -0.897. The normalized spacial score (nSPS) is 21.6. The summed E-state index contributed by atoms with van der Waals surface area (Å²) in [6.45, 7) is 0.0809. The second-order valence-corrected chi connectivity index (χ2v) is 6.26. The number of halogens is 5. The summed E-state index contributed by atoms with van der Waals surface area (Å²) in [6, 6.07) is 0. The Morgan fingerprint density at radius 1 is 1.05 bits per heavy atom. The van der Waals surface area contributed by atoms with E-state index in [2.05, 4.69) is 0 Å². The molecule has 1 heterocycles. The van der Waals surface area contributed by atoms with Gasteiger partial charge in [-0.3, -0.25) is 0 Å². The first-order valence-corrected chi connectivity index (χ1v) is 7.74. The smallest absolute Gasteiger partial charge is 0.332 e. The molecule has 9 heteroatoms. The molecule has 0 bridgehead atoms. The summed E-state index contributed by atoms with van der Waals surface area (Å²) in [6.07, 6.45) is -0.206. The van der Waals surface area contributed by atoms with E-state index in [1.165, 1.54) is 0 Å². The highest BCUT2D eigenvalue weighted by atomic mass is 35.5. The van der Waals surface area contributed by atoms with Crippen LogP contribution in [0, 0.1) is 0 Å². The van der Waals surface area contributed by atoms with Crippen LogP contribution in [-0.2, 0) is 9.53 Å². The summed E-state index contributed by atoms with van der Waals surface area (Å²) in [5, 5.41) is 9.07. The van der Waals surface area contributed by atoms with Crippen molar-refractivity contribution in [3.05, 3.63) is 25.1 Å². The van der Waals surface area contributed by atoms with E-state index in [9.17, 15) is 4.79 Å². The van der Waals surface area contributed by atoms with Crippen molar-refractivity contribution >= 4 is 64.0 Å². The molecule has 2 atom stereocenters. The fourth-order valence-corrected chi connectivity index (χ4v) is 3.13. The quantitative estimate of drug-likeness (QED) is 0.579. The van der Waals surface area contributed by atoms with Gasteiger partial charge in [-0.1, -0.05) is 58.0 Å². The Morgan fingerprint density at radius 2 is 1.57 bits per heavy atom. The van der Waals surface area contributed by atoms with E-state index in [1.807, 2.05) is 0 Å². The lowest BCUT2D eigenvalue weighted by atomic mass is 10.2. The van der Waals surface area contributed by atoms with E-state index in [-0.39, 0.29) is 43.6 Å². The van der Waals surface area contributed by atoms with Gasteiger partial charge in [-0.05, 0) is 12.8 Å². The molecular formula is C12H9Cl5O4. The van der Waals surface area contributed by atoms with Crippen LogP contribution in [-0.4, -0.2) is 29.9 Å². The molecule has 0 saturated carbocycles. The summed E-state index contributed by atoms with van der Waals surface area (Å²) >= 11 is 29.8. The third kappa shape index (κ3) is 3.63. The summed E-state index contributed by atoms with van der Waals surface area (Å²) in [4.78, 5) is 10.8. The molecule has 1 saturated heterocycles. The fraction of sp³-hybridized carbons (Fsp3) is 0.417. The number of aliphatic carboxylic acids is 1. The van der Waals surface area contributed by atoms with Crippen molar-refractivity contribution in [2.75, 3.05) is 6.61 Å². The van der Waals surface area contributed by atoms with Gasteiger partial charge in [0, 0.05) is 0 Å². The largest absolute Gasteiger partial charge is 0.488 e. The molecule has 1 fully saturated rings. The van der Waals surface area contributed by atoms with Gasteiger partial charge in [0.15, 0.2) is 11.9 Å². The van der Waals surface area contributed by atoms with Crippen molar-refractivity contribution in [2.24, 2.45) is 0 Å². The van der Waals surface area contributed by atoms with Crippen LogP contribution < -0.4 is 4.74 Å². The second-order valence-electron chi connectivity index (χ2n) is 4.37. The molecule has 116 valence electrons. The first-order chi connectivity index (χ1) is 9.82. The number of benzene rings is 1. The van der Waals surface area contributed by atoms with Crippen LogP contribution in [0.3, 0.4) is 0 Å². The first kappa shape index (κ1) is 17.3. The lowest BCUT2D eigenvalue weighted by Crippen LogP contribution is -2.23. The predicted molar refractivity (Wildman–Crippen MR) is 82.5 cm³/mol. The van der Waals surface area contributed by atoms with Crippen molar-refractivity contribution < 1.29 is 19.4 Å². The van der Waals surface area contributed by atoms with Crippen LogP contribution in [0.25, 0.3) is 0 Å². The number of hydrogen-bond donors (Lipinski definition) is 1. The zero-order valence-corrected chi connectivity index (χ0v) is 14.1. The van der Waals surface area contributed by atoms with Crippen molar-refractivity contribution in [3.63, 3.8) is 0 Å². The van der Waals surface area contributed by atoms with E-state index >= 15 is 0 Å². The molecular weight excluding hydrogens is 385 g/mol. The summed E-state index contributed by atoms with van der Waals surface area (Å²) < 4.78 is 10.8. The van der Waals surface area contributed by atoms with E-state index in [1.54, 1.807) is 0 Å². The number of ether oxygens (including phenoxy) is 2. The minimum atomic E-state index is -0.994. The topological polar surface area (TPSA) is 55.8 Å². The van der Waals surface area contributed by atoms with Gasteiger partial charge in [0.2, 0.25) is 0 Å². The number of carboxylic acid groups (broad SMARTS) is 1. The molecule has 1 N–H and O–H groups in total. The van der Waals surface area contributed by atoms with Gasteiger partial charge in [0.05, 0.1) is 21.2 Å². The Bertz CT molecular complexity index is 548. The molecule has 2 rings (SSSR count). The number of carbonyl (C=O) groups is 1. The standard InChI is InChI=1S/C12H9Cl5O4/c13-6-7(14)9(16)11(10(17)8(6)15)20-3-4-1-2-5(21-4)12(18)19/h4-5H,1-3H2,(H,18,19). The van der Waals surface area contributed by atoms with Crippen molar-refractivity contribution in [1.29, 1.82) is 0 Å². The Morgan fingerprint density at radius 3 is 2.05 bits per heavy atom. The Labute approximate surface area is 145 Å². The minimum Gasteiger partial charge on any atom is -0.488 e. The molecule has 0 amide bonds. The minimum absolute atomic E-state index is 0.0403. The lowest BCUT2D eigenvalue weighted by molar-refractivity contribution is -0.149. The van der Waals surface area contributed by atoms with E-state index in [4.69, 9.17) is 72.6 Å². The maximum Gasteiger partial charge on any atom is 0.332 e. The first-order valence-electron chi connectivity index (χ1n) is 5.85. The Balaban J connectivity index is 2.10. The van der Waals surface area contributed by atoms with E-state index in [0.29, 0.717) is 12.8 Å². The third-order valence-corrected chi connectivity index (χ3v) is 5.21. The molecule has 1 aromatic carbocycles. The maximum atomic E-state index is 10.8. The van der Waals surface area contributed by atoms with Crippen LogP contribution in [0.2, 0.25) is 25.1 Å². The predicted octanol–water partition coefficient (Wildman–Crippen LogP) is 4.96. The summed E-state index contributed by atoms with van der Waals surface area (Å²) in [5.41, 5.74) is 0. The molecule has 0 radical (unpaired) electrons. The highest BCUT2D eigenvalue weighted by Crippen LogP contribution is 2.48. The Kier molecular flexibility index (Phi) is 5.74. The van der Waals surface area contributed by atoms with Crippen molar-refractivity contribution in [2.45, 2.75) is 25.0 Å². The van der Waals surface area contributed by atoms with E-state index < -0.39 is 12.1 Å². The average molecular weight is 394 g/mol. The third-order valence-electron chi connectivity index (χ3n) is 2.97. The molecule has 0 aliphatic carbocycles. The van der Waals surface area contributed by atoms with Gasteiger partial charge in [-0.25, -0.2) is 4.79 Å². The highest BCUT2D eigenvalue weighted by Gasteiger charge is 2.31. The van der Waals surface area contributed by atoms with Crippen LogP contribution >= 0.6 is 58.0 Å². The molecule has 1 aromatic rings. The molecule has 0 spiro atoms. The summed E-state index contributed by atoms with van der Waals surface area (Å²) in [7, 11) is 0. The van der Waals surface area contributed by atoms with Crippen LogP contribution in [0.5, 0.6) is 5.75 Å². The number of hydrogen-bond acceptors (Lipinski definition) is 3. The van der Waals surface area contributed by atoms with Crippen LogP contribution in [0.15, 0.2) is 0 Å². The molecule has 0 aromatic heterocycles. The lowest BCUT2D eigenvalue weighted by Gasteiger charge is -2.16. The monoisotopic (exact) mass is 392 g/mol. The fourth-order valence-electron chi connectivity index (χ4n) is 1.90. The van der Waals surface area contributed by atoms with Gasteiger partial charge >= 0.3 is 5.97 Å². The van der Waals surface area contributed by atoms with Crippen molar-refractivity contribution in [1.82, 2.24) is 0 Å². The zero-order chi connectivity index (χ0) is 15.7. The number of carboxylic acids is 1. The van der Waals surface area contributed by atoms with Gasteiger partial charge in [-0.15, -0.1) is 0 Å². The molecule has 2 unspecified atom stereocenters. The number of rotatable bonds is 4. The van der Waals surface area contributed by atoms with Gasteiger partial charge in [0.25, 0.3) is 0 Å². The van der Waals surface area contributed by atoms with Crippen LogP contribution in [0.4, 0.5) is 0 Å². The zero-order valence-electron chi connectivity index (χ0n) is 10.3. The maximum absolute atomic E-state index is 10.8. The molecule has 1 aliphatic heterocycles. The SMILES string of the molecule is O=C(O)C1CCC(COc2c(Cl)c(Cl)c(Cl)c(Cl)c2Cl)O1. The van der Waals surface area contributed by atoms with Crippen LogP contribution in [0.1, 0.15) is 12.8 Å².